The highest BCUT2D eigenvalue weighted by Crippen LogP contribution is 2.16. The van der Waals surface area contributed by atoms with Gasteiger partial charge in [-0.05, 0) is 37.0 Å². The molecule has 27 heavy (non-hydrogen) atoms. The molecule has 5 nitrogen and oxygen atoms in total. The van der Waals surface area contributed by atoms with Crippen LogP contribution in [0, 0.1) is 5.82 Å². The SMILES string of the molecule is N[C@@H](Cc1ccccc1)C(=O)NC1CCN(C(=O)c2ccccc2F)CC1. The van der Waals surface area contributed by atoms with Crippen LogP contribution in [0.1, 0.15) is 28.8 Å². The van der Waals surface area contributed by atoms with Crippen LogP contribution in [-0.4, -0.2) is 41.9 Å². The molecule has 1 atom stereocenters. The largest absolute Gasteiger partial charge is 0.352 e. The minimum atomic E-state index is -0.606. The second-order valence-corrected chi connectivity index (χ2v) is 6.85. The van der Waals surface area contributed by atoms with E-state index in [1.165, 1.54) is 12.1 Å². The number of amides is 2. The highest BCUT2D eigenvalue weighted by atomic mass is 19.1. The smallest absolute Gasteiger partial charge is 0.256 e. The van der Waals surface area contributed by atoms with E-state index < -0.39 is 11.9 Å². The molecule has 3 rings (SSSR count). The predicted octanol–water partition coefficient (Wildman–Crippen LogP) is 2.12. The van der Waals surface area contributed by atoms with Gasteiger partial charge < -0.3 is 16.0 Å². The molecule has 0 radical (unpaired) electrons. The van der Waals surface area contributed by atoms with Crippen molar-refractivity contribution in [2.75, 3.05) is 13.1 Å². The first kappa shape index (κ1) is 19.0. The fourth-order valence-electron chi connectivity index (χ4n) is 3.30. The van der Waals surface area contributed by atoms with Gasteiger partial charge >= 0.3 is 0 Å². The Morgan fingerprint density at radius 3 is 2.37 bits per heavy atom. The highest BCUT2D eigenvalue weighted by Gasteiger charge is 2.27. The molecule has 1 aliphatic heterocycles. The van der Waals surface area contributed by atoms with Crippen molar-refractivity contribution in [1.82, 2.24) is 10.2 Å². The second kappa shape index (κ2) is 8.77. The van der Waals surface area contributed by atoms with Crippen molar-refractivity contribution >= 4 is 11.8 Å². The average molecular weight is 369 g/mol. The van der Waals surface area contributed by atoms with Gasteiger partial charge in [-0.3, -0.25) is 9.59 Å². The standard InChI is InChI=1S/C21H24FN3O2/c22-18-9-5-4-8-17(18)21(27)25-12-10-16(11-13-25)24-20(26)19(23)14-15-6-2-1-3-7-15/h1-9,16,19H,10-14,23H2,(H,24,26)/t19-/m0/s1. The molecule has 0 spiro atoms. The lowest BCUT2D eigenvalue weighted by Gasteiger charge is -2.33. The lowest BCUT2D eigenvalue weighted by Crippen LogP contribution is -2.51. The van der Waals surface area contributed by atoms with Crippen molar-refractivity contribution in [2.45, 2.75) is 31.3 Å². The van der Waals surface area contributed by atoms with Crippen molar-refractivity contribution in [2.24, 2.45) is 5.73 Å². The summed E-state index contributed by atoms with van der Waals surface area (Å²) in [5, 5.41) is 2.97. The summed E-state index contributed by atoms with van der Waals surface area (Å²) in [7, 11) is 0. The Kier molecular flexibility index (Phi) is 6.19. The van der Waals surface area contributed by atoms with E-state index >= 15 is 0 Å². The van der Waals surface area contributed by atoms with E-state index in [2.05, 4.69) is 5.32 Å². The Balaban J connectivity index is 1.48. The van der Waals surface area contributed by atoms with Gasteiger partial charge in [-0.15, -0.1) is 0 Å². The number of benzene rings is 2. The molecule has 0 unspecified atom stereocenters. The first-order valence-electron chi connectivity index (χ1n) is 9.18. The molecule has 2 aromatic rings. The Hall–Kier alpha value is -2.73. The van der Waals surface area contributed by atoms with Crippen molar-refractivity contribution in [3.8, 4) is 0 Å². The summed E-state index contributed by atoms with van der Waals surface area (Å²) in [5.41, 5.74) is 7.12. The number of hydrogen-bond acceptors (Lipinski definition) is 3. The molecule has 0 bridgehead atoms. The van der Waals surface area contributed by atoms with Gasteiger partial charge in [0.25, 0.3) is 5.91 Å². The number of carbonyl (C=O) groups excluding carboxylic acids is 2. The summed E-state index contributed by atoms with van der Waals surface area (Å²) in [6, 6.07) is 15.0. The molecule has 1 heterocycles. The molecule has 142 valence electrons. The molecule has 0 saturated carbocycles. The molecular formula is C21H24FN3O2. The molecule has 1 saturated heterocycles. The maximum atomic E-state index is 13.8. The fourth-order valence-corrected chi connectivity index (χ4v) is 3.30. The topological polar surface area (TPSA) is 75.4 Å². The molecule has 0 aromatic heterocycles. The van der Waals surface area contributed by atoms with Crippen LogP contribution in [0.3, 0.4) is 0 Å². The number of nitrogens with zero attached hydrogens (tertiary/aromatic N) is 1. The van der Waals surface area contributed by atoms with Gasteiger partial charge in [0.15, 0.2) is 0 Å². The molecule has 6 heteroatoms. The van der Waals surface area contributed by atoms with E-state index in [0.29, 0.717) is 32.4 Å². The third-order valence-electron chi connectivity index (χ3n) is 4.87. The summed E-state index contributed by atoms with van der Waals surface area (Å²) < 4.78 is 13.8. The van der Waals surface area contributed by atoms with Crippen LogP contribution in [0.4, 0.5) is 4.39 Å². The van der Waals surface area contributed by atoms with Gasteiger partial charge in [0.1, 0.15) is 5.82 Å². The van der Waals surface area contributed by atoms with E-state index in [9.17, 15) is 14.0 Å². The van der Waals surface area contributed by atoms with E-state index in [1.807, 2.05) is 30.3 Å². The number of rotatable bonds is 5. The summed E-state index contributed by atoms with van der Waals surface area (Å²) in [4.78, 5) is 26.4. The van der Waals surface area contributed by atoms with E-state index in [-0.39, 0.29) is 23.4 Å². The number of carbonyl (C=O) groups is 2. The van der Waals surface area contributed by atoms with Gasteiger partial charge in [0.2, 0.25) is 5.91 Å². The number of halogens is 1. The zero-order chi connectivity index (χ0) is 19.2. The Bertz CT molecular complexity index is 789. The lowest BCUT2D eigenvalue weighted by molar-refractivity contribution is -0.123. The number of piperidine rings is 1. The van der Waals surface area contributed by atoms with Gasteiger partial charge in [0.05, 0.1) is 11.6 Å². The molecule has 2 aromatic carbocycles. The van der Waals surface area contributed by atoms with Crippen LogP contribution in [0.5, 0.6) is 0 Å². The number of hydrogen-bond donors (Lipinski definition) is 2. The van der Waals surface area contributed by atoms with E-state index in [4.69, 9.17) is 5.73 Å². The maximum Gasteiger partial charge on any atom is 0.256 e. The van der Waals surface area contributed by atoms with Crippen LogP contribution in [-0.2, 0) is 11.2 Å². The van der Waals surface area contributed by atoms with Gasteiger partial charge in [0, 0.05) is 19.1 Å². The van der Waals surface area contributed by atoms with Gasteiger partial charge in [-0.1, -0.05) is 42.5 Å². The minimum Gasteiger partial charge on any atom is -0.352 e. The highest BCUT2D eigenvalue weighted by molar-refractivity contribution is 5.94. The summed E-state index contributed by atoms with van der Waals surface area (Å²) in [5.74, 6) is -0.999. The van der Waals surface area contributed by atoms with E-state index in [0.717, 1.165) is 5.56 Å². The first-order chi connectivity index (χ1) is 13.0. The minimum absolute atomic E-state index is 0.0241. The number of nitrogens with one attached hydrogen (secondary N) is 1. The fraction of sp³-hybridized carbons (Fsp3) is 0.333. The van der Waals surface area contributed by atoms with Crippen molar-refractivity contribution in [1.29, 1.82) is 0 Å². The van der Waals surface area contributed by atoms with Crippen LogP contribution in [0.15, 0.2) is 54.6 Å². The average Bonchev–Trinajstić information content (AvgIpc) is 2.69. The third kappa shape index (κ3) is 4.92. The van der Waals surface area contributed by atoms with E-state index in [1.54, 1.807) is 17.0 Å². The third-order valence-corrected chi connectivity index (χ3v) is 4.87. The second-order valence-electron chi connectivity index (χ2n) is 6.85. The zero-order valence-corrected chi connectivity index (χ0v) is 15.1. The van der Waals surface area contributed by atoms with Crippen LogP contribution in [0.25, 0.3) is 0 Å². The molecule has 1 fully saturated rings. The predicted molar refractivity (Wildman–Crippen MR) is 102 cm³/mol. The molecule has 3 N–H and O–H groups in total. The van der Waals surface area contributed by atoms with Crippen LogP contribution >= 0.6 is 0 Å². The van der Waals surface area contributed by atoms with Gasteiger partial charge in [-0.2, -0.15) is 0 Å². The molecule has 0 aliphatic carbocycles. The molecular weight excluding hydrogens is 345 g/mol. The van der Waals surface area contributed by atoms with Crippen molar-refractivity contribution in [3.05, 3.63) is 71.5 Å². The molecule has 1 aliphatic rings. The Morgan fingerprint density at radius 1 is 1.07 bits per heavy atom. The van der Waals surface area contributed by atoms with Crippen molar-refractivity contribution < 1.29 is 14.0 Å². The quantitative estimate of drug-likeness (QED) is 0.848. The Labute approximate surface area is 158 Å². The summed E-state index contributed by atoms with van der Waals surface area (Å²) in [6.07, 6.45) is 1.74. The summed E-state index contributed by atoms with van der Waals surface area (Å²) in [6.45, 7) is 0.956. The summed E-state index contributed by atoms with van der Waals surface area (Å²) >= 11 is 0. The zero-order valence-electron chi connectivity index (χ0n) is 15.1. The monoisotopic (exact) mass is 369 g/mol. The molecule has 2 amide bonds. The lowest BCUT2D eigenvalue weighted by atomic mass is 10.0. The maximum absolute atomic E-state index is 13.8. The van der Waals surface area contributed by atoms with Crippen LogP contribution in [0.2, 0.25) is 0 Å². The van der Waals surface area contributed by atoms with Crippen molar-refractivity contribution in [3.63, 3.8) is 0 Å². The van der Waals surface area contributed by atoms with Crippen LogP contribution < -0.4 is 11.1 Å². The number of nitrogens with two attached hydrogens (primary N) is 1. The normalized spacial score (nSPS) is 16.0. The first-order valence-corrected chi connectivity index (χ1v) is 9.18. The van der Waals surface area contributed by atoms with Gasteiger partial charge in [-0.25, -0.2) is 4.39 Å². The Morgan fingerprint density at radius 2 is 1.70 bits per heavy atom. The number of likely N-dealkylation sites (tertiary alicyclic amines) is 1.